The number of aliphatic imine (C=N–C) groups is 1. The molecule has 0 aromatic rings. The Morgan fingerprint density at radius 3 is 2.86 bits per heavy atom. The highest BCUT2D eigenvalue weighted by atomic mass is 32.2. The molecule has 0 fully saturated rings. The molecule has 1 aliphatic heterocycles. The highest BCUT2D eigenvalue weighted by molar-refractivity contribution is 8.00. The second-order valence-electron chi connectivity index (χ2n) is 4.40. The van der Waals surface area contributed by atoms with E-state index in [0.29, 0.717) is 4.75 Å². The lowest BCUT2D eigenvalue weighted by molar-refractivity contribution is 0.709. The molecule has 0 saturated heterocycles. The van der Waals surface area contributed by atoms with Crippen LogP contribution in [0.15, 0.2) is 4.99 Å². The molecule has 0 aromatic heterocycles. The maximum atomic E-state index is 4.35. The van der Waals surface area contributed by atoms with Gasteiger partial charge in [-0.25, -0.2) is 0 Å². The van der Waals surface area contributed by atoms with Gasteiger partial charge in [0, 0.05) is 30.1 Å². The third kappa shape index (κ3) is 5.37. The molecular weight excluding hydrogens is 194 g/mol. The smallest absolute Gasteiger partial charge is 0.191 e. The Hall–Kier alpha value is -0.380. The van der Waals surface area contributed by atoms with Gasteiger partial charge >= 0.3 is 0 Å². The molecule has 1 rings (SSSR count). The fourth-order valence-electron chi connectivity index (χ4n) is 1.18. The van der Waals surface area contributed by atoms with Crippen molar-refractivity contribution in [2.45, 2.75) is 31.9 Å². The summed E-state index contributed by atoms with van der Waals surface area (Å²) in [7, 11) is 0. The van der Waals surface area contributed by atoms with E-state index in [1.807, 2.05) is 11.8 Å². The summed E-state index contributed by atoms with van der Waals surface area (Å²) in [5.41, 5.74) is 0. The Morgan fingerprint density at radius 1 is 1.50 bits per heavy atom. The SMILES string of the molecule is CC(C)(C)SCCNC1=NCCCN1. The molecule has 0 aliphatic carbocycles. The van der Waals surface area contributed by atoms with E-state index in [2.05, 4.69) is 36.4 Å². The lowest BCUT2D eigenvalue weighted by atomic mass is 10.3. The average Bonchev–Trinajstić information content (AvgIpc) is 2.13. The molecule has 0 saturated carbocycles. The van der Waals surface area contributed by atoms with Crippen molar-refractivity contribution in [2.24, 2.45) is 4.99 Å². The normalized spacial score (nSPS) is 17.2. The zero-order chi connectivity index (χ0) is 10.4. The lowest BCUT2D eigenvalue weighted by Gasteiger charge is -2.19. The number of thioether (sulfide) groups is 1. The van der Waals surface area contributed by atoms with Crippen LogP contribution in [0, 0.1) is 0 Å². The number of hydrogen-bond acceptors (Lipinski definition) is 4. The summed E-state index contributed by atoms with van der Waals surface area (Å²) in [6.45, 7) is 9.74. The van der Waals surface area contributed by atoms with Crippen LogP contribution >= 0.6 is 11.8 Å². The average molecular weight is 215 g/mol. The van der Waals surface area contributed by atoms with Crippen molar-refractivity contribution in [3.8, 4) is 0 Å². The van der Waals surface area contributed by atoms with E-state index < -0.39 is 0 Å². The molecule has 82 valence electrons. The van der Waals surface area contributed by atoms with Crippen LogP contribution in [-0.2, 0) is 0 Å². The van der Waals surface area contributed by atoms with Gasteiger partial charge in [-0.05, 0) is 6.42 Å². The van der Waals surface area contributed by atoms with Crippen molar-refractivity contribution in [2.75, 3.05) is 25.4 Å². The molecule has 0 spiro atoms. The van der Waals surface area contributed by atoms with E-state index in [4.69, 9.17) is 0 Å². The van der Waals surface area contributed by atoms with E-state index in [1.54, 1.807) is 0 Å². The van der Waals surface area contributed by atoms with Gasteiger partial charge in [0.1, 0.15) is 0 Å². The van der Waals surface area contributed by atoms with Gasteiger partial charge in [0.2, 0.25) is 0 Å². The summed E-state index contributed by atoms with van der Waals surface area (Å²) in [6, 6.07) is 0. The first-order chi connectivity index (χ1) is 6.58. The zero-order valence-corrected chi connectivity index (χ0v) is 10.2. The monoisotopic (exact) mass is 215 g/mol. The van der Waals surface area contributed by atoms with Gasteiger partial charge in [0.25, 0.3) is 0 Å². The standard InChI is InChI=1S/C10H21N3S/c1-10(2,3)14-8-7-13-9-11-5-4-6-12-9/h4-8H2,1-3H3,(H2,11,12,13). The molecular formula is C10H21N3S. The molecule has 1 aliphatic rings. The predicted octanol–water partition coefficient (Wildman–Crippen LogP) is 1.46. The number of rotatable bonds is 3. The first-order valence-electron chi connectivity index (χ1n) is 5.24. The van der Waals surface area contributed by atoms with Crippen molar-refractivity contribution < 1.29 is 0 Å². The number of nitrogens with zero attached hydrogens (tertiary/aromatic N) is 1. The Balaban J connectivity index is 2.06. The second kappa shape index (κ2) is 5.49. The summed E-state index contributed by atoms with van der Waals surface area (Å²) >= 11 is 1.98. The van der Waals surface area contributed by atoms with Crippen molar-refractivity contribution >= 4 is 17.7 Å². The number of nitrogens with one attached hydrogen (secondary N) is 2. The summed E-state index contributed by atoms with van der Waals surface area (Å²) in [5, 5.41) is 6.56. The minimum atomic E-state index is 0.365. The van der Waals surface area contributed by atoms with Gasteiger partial charge in [-0.2, -0.15) is 11.8 Å². The molecule has 0 amide bonds. The van der Waals surface area contributed by atoms with Crippen LogP contribution in [-0.4, -0.2) is 36.1 Å². The third-order valence-electron chi connectivity index (χ3n) is 1.83. The Bertz CT molecular complexity index is 196. The van der Waals surface area contributed by atoms with E-state index in [0.717, 1.165) is 37.8 Å². The zero-order valence-electron chi connectivity index (χ0n) is 9.39. The molecule has 0 radical (unpaired) electrons. The first kappa shape index (κ1) is 11.7. The van der Waals surface area contributed by atoms with Crippen LogP contribution in [0.2, 0.25) is 0 Å². The molecule has 4 heteroatoms. The lowest BCUT2D eigenvalue weighted by Crippen LogP contribution is -2.41. The molecule has 1 heterocycles. The summed E-state index contributed by atoms with van der Waals surface area (Å²) in [5.74, 6) is 2.11. The largest absolute Gasteiger partial charge is 0.356 e. The minimum Gasteiger partial charge on any atom is -0.356 e. The van der Waals surface area contributed by atoms with Gasteiger partial charge in [0.05, 0.1) is 0 Å². The van der Waals surface area contributed by atoms with Crippen molar-refractivity contribution in [3.63, 3.8) is 0 Å². The molecule has 2 N–H and O–H groups in total. The van der Waals surface area contributed by atoms with Gasteiger partial charge in [-0.3, -0.25) is 4.99 Å². The van der Waals surface area contributed by atoms with Gasteiger partial charge in [-0.1, -0.05) is 20.8 Å². The van der Waals surface area contributed by atoms with Crippen LogP contribution in [0.25, 0.3) is 0 Å². The van der Waals surface area contributed by atoms with E-state index >= 15 is 0 Å². The van der Waals surface area contributed by atoms with E-state index in [1.165, 1.54) is 0 Å². The van der Waals surface area contributed by atoms with Crippen molar-refractivity contribution in [1.82, 2.24) is 10.6 Å². The second-order valence-corrected chi connectivity index (χ2v) is 6.32. The Morgan fingerprint density at radius 2 is 2.29 bits per heavy atom. The molecule has 0 bridgehead atoms. The third-order valence-corrected chi connectivity index (χ3v) is 3.10. The first-order valence-corrected chi connectivity index (χ1v) is 6.23. The summed E-state index contributed by atoms with van der Waals surface area (Å²) in [4.78, 5) is 4.35. The Kier molecular flexibility index (Phi) is 4.58. The predicted molar refractivity (Wildman–Crippen MR) is 65.1 cm³/mol. The summed E-state index contributed by atoms with van der Waals surface area (Å²) < 4.78 is 0.365. The number of guanidine groups is 1. The molecule has 14 heavy (non-hydrogen) atoms. The van der Waals surface area contributed by atoms with Gasteiger partial charge in [-0.15, -0.1) is 0 Å². The molecule has 0 aromatic carbocycles. The van der Waals surface area contributed by atoms with Crippen LogP contribution in [0.3, 0.4) is 0 Å². The fourth-order valence-corrected chi connectivity index (χ4v) is 1.99. The molecule has 3 nitrogen and oxygen atoms in total. The van der Waals surface area contributed by atoms with Crippen molar-refractivity contribution in [3.05, 3.63) is 0 Å². The minimum absolute atomic E-state index is 0.365. The fraction of sp³-hybridized carbons (Fsp3) is 0.900. The Labute approximate surface area is 91.1 Å². The molecule has 0 atom stereocenters. The topological polar surface area (TPSA) is 36.4 Å². The highest BCUT2D eigenvalue weighted by Crippen LogP contribution is 2.21. The highest BCUT2D eigenvalue weighted by Gasteiger charge is 2.09. The summed E-state index contributed by atoms with van der Waals surface area (Å²) in [6.07, 6.45) is 1.15. The van der Waals surface area contributed by atoms with Crippen LogP contribution < -0.4 is 10.6 Å². The van der Waals surface area contributed by atoms with Crippen LogP contribution in [0.1, 0.15) is 27.2 Å². The van der Waals surface area contributed by atoms with Crippen LogP contribution in [0.5, 0.6) is 0 Å². The van der Waals surface area contributed by atoms with Gasteiger partial charge in [0.15, 0.2) is 5.96 Å². The van der Waals surface area contributed by atoms with E-state index in [9.17, 15) is 0 Å². The molecule has 0 unspecified atom stereocenters. The maximum absolute atomic E-state index is 4.35. The van der Waals surface area contributed by atoms with Crippen LogP contribution in [0.4, 0.5) is 0 Å². The quantitative estimate of drug-likeness (QED) is 0.700. The van der Waals surface area contributed by atoms with Crippen molar-refractivity contribution in [1.29, 1.82) is 0 Å². The van der Waals surface area contributed by atoms with E-state index in [-0.39, 0.29) is 0 Å². The maximum Gasteiger partial charge on any atom is 0.191 e. The number of hydrogen-bond donors (Lipinski definition) is 2. The van der Waals surface area contributed by atoms with Gasteiger partial charge < -0.3 is 10.6 Å².